The van der Waals surface area contributed by atoms with Crippen molar-refractivity contribution in [3.05, 3.63) is 112 Å². The molecule has 3 aromatic carbocycles. The van der Waals surface area contributed by atoms with E-state index in [1.165, 1.54) is 19.2 Å². The number of hydrogen-bond acceptors (Lipinski definition) is 9. The van der Waals surface area contributed by atoms with Crippen molar-refractivity contribution in [3.63, 3.8) is 0 Å². The maximum atomic E-state index is 14.0. The third kappa shape index (κ3) is 7.81. The van der Waals surface area contributed by atoms with Gasteiger partial charge in [-0.25, -0.2) is 9.78 Å². The summed E-state index contributed by atoms with van der Waals surface area (Å²) in [5, 5.41) is 13.2. The fourth-order valence-corrected chi connectivity index (χ4v) is 5.24. The maximum absolute atomic E-state index is 14.0. The summed E-state index contributed by atoms with van der Waals surface area (Å²) in [6, 6.07) is 22.2. The lowest BCUT2D eigenvalue weighted by molar-refractivity contribution is 0.0696. The Morgan fingerprint density at radius 2 is 1.51 bits per heavy atom. The molecule has 0 aliphatic rings. The van der Waals surface area contributed by atoms with E-state index >= 15 is 0 Å². The van der Waals surface area contributed by atoms with Crippen LogP contribution in [0.25, 0.3) is 10.9 Å². The second-order valence-electron chi connectivity index (χ2n) is 11.0. The molecule has 0 unspecified atom stereocenters. The Hall–Kier alpha value is -5.58. The number of carboxylic acids is 1. The molecule has 2 heterocycles. The topological polar surface area (TPSA) is 128 Å². The monoisotopic (exact) mass is 637 g/mol. The average molecular weight is 638 g/mol. The molecule has 0 bridgehead atoms. The normalized spacial score (nSPS) is 10.9. The first-order valence-electron chi connectivity index (χ1n) is 15.4. The molecule has 0 fully saturated rings. The van der Waals surface area contributed by atoms with Crippen molar-refractivity contribution in [2.24, 2.45) is 0 Å². The number of anilines is 2. The average Bonchev–Trinajstić information content (AvgIpc) is 3.09. The van der Waals surface area contributed by atoms with Crippen LogP contribution in [-0.2, 0) is 19.6 Å². The number of benzene rings is 3. The largest absolute Gasteiger partial charge is 0.497 e. The van der Waals surface area contributed by atoms with Crippen molar-refractivity contribution in [2.75, 3.05) is 38.1 Å². The zero-order valence-corrected chi connectivity index (χ0v) is 27.0. The molecule has 0 radical (unpaired) electrons. The molecule has 2 N–H and O–H groups in total. The Kier molecular flexibility index (Phi) is 10.6. The first-order chi connectivity index (χ1) is 22.8. The highest BCUT2D eigenvalue weighted by Crippen LogP contribution is 2.26. The van der Waals surface area contributed by atoms with Crippen molar-refractivity contribution in [1.29, 1.82) is 0 Å². The third-order valence-electron chi connectivity index (χ3n) is 7.86. The molecule has 47 heavy (non-hydrogen) atoms. The number of nitrogens with one attached hydrogen (secondary N) is 1. The summed E-state index contributed by atoms with van der Waals surface area (Å²) in [5.74, 6) is 1.81. The molecule has 0 atom stereocenters. The molecule has 5 aromatic rings. The number of hydrogen-bond donors (Lipinski definition) is 2. The van der Waals surface area contributed by atoms with E-state index in [1.807, 2.05) is 54.6 Å². The molecule has 0 amide bonds. The summed E-state index contributed by atoms with van der Waals surface area (Å²) in [6.07, 6.45) is 3.57. The van der Waals surface area contributed by atoms with Crippen LogP contribution in [0.3, 0.4) is 0 Å². The standard InChI is InChI=1S/C36H39N5O6/c1-5-6-18-37-33-32-30(17-19-40(34(32)42)23-27-12-11-26(35(43)44)20-31(27)47-4)38-36(39-33)41(21-24-7-13-28(45-2)14-8-24)22-25-9-15-29(46-3)16-10-25/h7-17,19-20H,5-6,18,21-23H2,1-4H3,(H,43,44)(H,37,38,39). The van der Waals surface area contributed by atoms with Crippen LogP contribution in [0.5, 0.6) is 17.2 Å². The number of aromatic nitrogens is 3. The second-order valence-corrected chi connectivity index (χ2v) is 11.0. The predicted octanol–water partition coefficient (Wildman–Crippen LogP) is 5.98. The van der Waals surface area contributed by atoms with Crippen molar-refractivity contribution in [2.45, 2.75) is 39.4 Å². The molecular weight excluding hydrogens is 598 g/mol. The summed E-state index contributed by atoms with van der Waals surface area (Å²) >= 11 is 0. The number of carbonyl (C=O) groups is 1. The zero-order chi connectivity index (χ0) is 33.3. The van der Waals surface area contributed by atoms with Crippen LogP contribution in [-0.4, -0.2) is 53.5 Å². The van der Waals surface area contributed by atoms with Crippen LogP contribution in [0.2, 0.25) is 0 Å². The number of aromatic carboxylic acids is 1. The highest BCUT2D eigenvalue weighted by atomic mass is 16.5. The molecule has 2 aromatic heterocycles. The minimum Gasteiger partial charge on any atom is -0.497 e. The Labute approximate surface area is 273 Å². The maximum Gasteiger partial charge on any atom is 0.335 e. The molecule has 0 saturated carbocycles. The highest BCUT2D eigenvalue weighted by Gasteiger charge is 2.19. The van der Waals surface area contributed by atoms with E-state index in [0.717, 1.165) is 35.5 Å². The Morgan fingerprint density at radius 3 is 2.06 bits per heavy atom. The molecule has 11 nitrogen and oxygen atoms in total. The summed E-state index contributed by atoms with van der Waals surface area (Å²) in [4.78, 5) is 37.4. The summed E-state index contributed by atoms with van der Waals surface area (Å²) in [5.41, 5.74) is 3.10. The van der Waals surface area contributed by atoms with Crippen LogP contribution in [0.15, 0.2) is 83.8 Å². The van der Waals surface area contributed by atoms with E-state index in [0.29, 0.717) is 53.6 Å². The first kappa shape index (κ1) is 32.8. The van der Waals surface area contributed by atoms with Crippen LogP contribution in [0, 0.1) is 0 Å². The van der Waals surface area contributed by atoms with Gasteiger partial charge in [0.05, 0.1) is 39.0 Å². The van der Waals surface area contributed by atoms with Gasteiger partial charge in [-0.05, 0) is 60.0 Å². The van der Waals surface area contributed by atoms with Gasteiger partial charge in [0.1, 0.15) is 28.5 Å². The lowest BCUT2D eigenvalue weighted by Crippen LogP contribution is -2.27. The Balaban J connectivity index is 1.57. The number of carboxylic acid groups (broad SMARTS) is 1. The van der Waals surface area contributed by atoms with Gasteiger partial charge in [0.15, 0.2) is 0 Å². The van der Waals surface area contributed by atoms with Gasteiger partial charge in [0.25, 0.3) is 5.56 Å². The SMILES string of the molecule is CCCCNc1nc(N(Cc2ccc(OC)cc2)Cc2ccc(OC)cc2)nc2ccn(Cc3ccc(C(=O)O)cc3OC)c(=O)c12. The molecule has 0 aliphatic carbocycles. The lowest BCUT2D eigenvalue weighted by Gasteiger charge is -2.24. The third-order valence-corrected chi connectivity index (χ3v) is 7.86. The quantitative estimate of drug-likeness (QED) is 0.132. The summed E-state index contributed by atoms with van der Waals surface area (Å²) in [6.45, 7) is 3.94. The van der Waals surface area contributed by atoms with Gasteiger partial charge in [0, 0.05) is 31.4 Å². The molecule has 0 aliphatic heterocycles. The van der Waals surface area contributed by atoms with E-state index in [9.17, 15) is 14.7 Å². The lowest BCUT2D eigenvalue weighted by atomic mass is 10.1. The van der Waals surface area contributed by atoms with Crippen LogP contribution >= 0.6 is 0 Å². The zero-order valence-electron chi connectivity index (χ0n) is 27.0. The molecule has 244 valence electrons. The van der Waals surface area contributed by atoms with Crippen molar-refractivity contribution in [1.82, 2.24) is 14.5 Å². The van der Waals surface area contributed by atoms with Gasteiger partial charge in [-0.1, -0.05) is 43.7 Å². The van der Waals surface area contributed by atoms with Crippen LogP contribution in [0.1, 0.15) is 46.8 Å². The van der Waals surface area contributed by atoms with Gasteiger partial charge in [-0.15, -0.1) is 0 Å². The number of pyridine rings is 1. The van der Waals surface area contributed by atoms with E-state index in [4.69, 9.17) is 24.2 Å². The summed E-state index contributed by atoms with van der Waals surface area (Å²) < 4.78 is 17.7. The predicted molar refractivity (Wildman–Crippen MR) is 182 cm³/mol. The first-order valence-corrected chi connectivity index (χ1v) is 15.4. The molecule has 0 spiro atoms. The molecule has 0 saturated heterocycles. The molecular formula is C36H39N5O6. The Bertz CT molecular complexity index is 1840. The summed E-state index contributed by atoms with van der Waals surface area (Å²) in [7, 11) is 4.75. The van der Waals surface area contributed by atoms with Gasteiger partial charge >= 0.3 is 5.97 Å². The number of nitrogens with zero attached hydrogens (tertiary/aromatic N) is 4. The Morgan fingerprint density at radius 1 is 0.872 bits per heavy atom. The van der Waals surface area contributed by atoms with E-state index in [-0.39, 0.29) is 17.7 Å². The fraction of sp³-hybridized carbons (Fsp3) is 0.278. The smallest absolute Gasteiger partial charge is 0.335 e. The number of rotatable bonds is 15. The highest BCUT2D eigenvalue weighted by molar-refractivity contribution is 5.89. The number of unbranched alkanes of at least 4 members (excludes halogenated alkanes) is 1. The minimum atomic E-state index is -1.05. The van der Waals surface area contributed by atoms with Crippen LogP contribution in [0.4, 0.5) is 11.8 Å². The van der Waals surface area contributed by atoms with Crippen LogP contribution < -0.4 is 30.0 Å². The molecule has 5 rings (SSSR count). The minimum absolute atomic E-state index is 0.105. The van der Waals surface area contributed by atoms with Gasteiger partial charge in [-0.2, -0.15) is 4.98 Å². The van der Waals surface area contributed by atoms with E-state index < -0.39 is 5.97 Å². The second kappa shape index (κ2) is 15.1. The van der Waals surface area contributed by atoms with Gasteiger partial charge in [0.2, 0.25) is 5.95 Å². The van der Waals surface area contributed by atoms with Crippen molar-refractivity contribution in [3.8, 4) is 17.2 Å². The van der Waals surface area contributed by atoms with Crippen molar-refractivity contribution < 1.29 is 24.1 Å². The number of ether oxygens (including phenoxy) is 3. The van der Waals surface area contributed by atoms with Gasteiger partial charge < -0.3 is 34.1 Å². The number of fused-ring (bicyclic) bond motifs is 1. The van der Waals surface area contributed by atoms with E-state index in [1.54, 1.807) is 31.0 Å². The van der Waals surface area contributed by atoms with Crippen molar-refractivity contribution >= 4 is 28.6 Å². The fourth-order valence-electron chi connectivity index (χ4n) is 5.24. The van der Waals surface area contributed by atoms with Gasteiger partial charge in [-0.3, -0.25) is 4.79 Å². The van der Waals surface area contributed by atoms with E-state index in [2.05, 4.69) is 17.1 Å². The number of methoxy groups -OCH3 is 3. The molecule has 11 heteroatoms.